The Bertz CT molecular complexity index is 540. The summed E-state index contributed by atoms with van der Waals surface area (Å²) in [6.45, 7) is 5.52. The van der Waals surface area contributed by atoms with E-state index in [2.05, 4.69) is 0 Å². The maximum absolute atomic E-state index is 12.9. The van der Waals surface area contributed by atoms with Crippen molar-refractivity contribution in [2.45, 2.75) is 64.5 Å². The van der Waals surface area contributed by atoms with Crippen molar-refractivity contribution in [1.29, 1.82) is 0 Å². The zero-order valence-corrected chi connectivity index (χ0v) is 16.7. The van der Waals surface area contributed by atoms with Crippen LogP contribution in [0.3, 0.4) is 0 Å². The lowest BCUT2D eigenvalue weighted by Crippen LogP contribution is -2.57. The number of hydrogen-bond donors (Lipinski definition) is 1. The molecule has 1 aliphatic carbocycles. The van der Waals surface area contributed by atoms with Crippen molar-refractivity contribution >= 4 is 16.1 Å². The molecule has 1 saturated carbocycles. The van der Waals surface area contributed by atoms with Gasteiger partial charge in [-0.1, -0.05) is 39.5 Å². The van der Waals surface area contributed by atoms with E-state index in [1.165, 1.54) is 10.7 Å². The average Bonchev–Trinajstić information content (AvgIpc) is 2.66. The molecule has 0 spiro atoms. The first kappa shape index (κ1) is 20.6. The predicted octanol–water partition coefficient (Wildman–Crippen LogP) is 1.01. The van der Waals surface area contributed by atoms with E-state index in [0.29, 0.717) is 26.2 Å². The van der Waals surface area contributed by atoms with Gasteiger partial charge in [0, 0.05) is 39.3 Å². The van der Waals surface area contributed by atoms with Crippen LogP contribution in [0.4, 0.5) is 0 Å². The highest BCUT2D eigenvalue weighted by Gasteiger charge is 2.36. The maximum Gasteiger partial charge on any atom is 0.282 e. The lowest BCUT2D eigenvalue weighted by atomic mass is 9.96. The second-order valence-corrected chi connectivity index (χ2v) is 9.44. The van der Waals surface area contributed by atoms with Gasteiger partial charge >= 0.3 is 0 Å². The van der Waals surface area contributed by atoms with Crippen LogP contribution in [-0.4, -0.2) is 73.1 Å². The molecule has 0 radical (unpaired) electrons. The van der Waals surface area contributed by atoms with Crippen molar-refractivity contribution in [3.05, 3.63) is 0 Å². The van der Waals surface area contributed by atoms with Gasteiger partial charge in [-0.05, 0) is 18.8 Å². The summed E-state index contributed by atoms with van der Waals surface area (Å²) >= 11 is 0. The van der Waals surface area contributed by atoms with E-state index in [9.17, 15) is 13.2 Å². The SMILES string of the molecule is CCC(C)C(N)C(=O)N1CCN(S(=O)(=O)N(C)C2CCCCC2)CC1. The fourth-order valence-electron chi connectivity index (χ4n) is 3.66. The zero-order valence-electron chi connectivity index (χ0n) is 15.9. The highest BCUT2D eigenvalue weighted by molar-refractivity contribution is 7.86. The van der Waals surface area contributed by atoms with Crippen LogP contribution in [0.1, 0.15) is 52.4 Å². The Balaban J connectivity index is 1.93. The van der Waals surface area contributed by atoms with Crippen molar-refractivity contribution in [2.24, 2.45) is 11.7 Å². The molecule has 2 atom stereocenters. The van der Waals surface area contributed by atoms with Crippen LogP contribution in [0.2, 0.25) is 0 Å². The average molecular weight is 375 g/mol. The van der Waals surface area contributed by atoms with Gasteiger partial charge in [-0.2, -0.15) is 17.0 Å². The maximum atomic E-state index is 12.9. The minimum Gasteiger partial charge on any atom is -0.339 e. The minimum absolute atomic E-state index is 0.0629. The number of nitrogens with zero attached hydrogens (tertiary/aromatic N) is 3. The van der Waals surface area contributed by atoms with E-state index in [1.54, 1.807) is 16.3 Å². The Morgan fingerprint density at radius 3 is 2.24 bits per heavy atom. The monoisotopic (exact) mass is 374 g/mol. The molecule has 0 aromatic heterocycles. The highest BCUT2D eigenvalue weighted by atomic mass is 32.2. The molecule has 2 unspecified atom stereocenters. The van der Waals surface area contributed by atoms with Gasteiger partial charge in [0.15, 0.2) is 0 Å². The van der Waals surface area contributed by atoms with Gasteiger partial charge in [0.1, 0.15) is 0 Å². The first-order valence-electron chi connectivity index (χ1n) is 9.56. The van der Waals surface area contributed by atoms with Gasteiger partial charge in [0.05, 0.1) is 6.04 Å². The third-order valence-corrected chi connectivity index (χ3v) is 7.92. The molecule has 1 aliphatic heterocycles. The smallest absolute Gasteiger partial charge is 0.282 e. The second kappa shape index (κ2) is 8.79. The number of amides is 1. The quantitative estimate of drug-likeness (QED) is 0.752. The van der Waals surface area contributed by atoms with Crippen molar-refractivity contribution in [2.75, 3.05) is 33.2 Å². The summed E-state index contributed by atoms with van der Waals surface area (Å²) in [5.41, 5.74) is 6.04. The van der Waals surface area contributed by atoms with Gasteiger partial charge in [-0.25, -0.2) is 0 Å². The van der Waals surface area contributed by atoms with Crippen LogP contribution in [-0.2, 0) is 15.0 Å². The summed E-state index contributed by atoms with van der Waals surface area (Å²) in [5.74, 6) is 0.0683. The molecule has 1 saturated heterocycles. The van der Waals surface area contributed by atoms with E-state index in [4.69, 9.17) is 5.73 Å². The van der Waals surface area contributed by atoms with Crippen LogP contribution >= 0.6 is 0 Å². The summed E-state index contributed by atoms with van der Waals surface area (Å²) in [7, 11) is -1.76. The van der Waals surface area contributed by atoms with E-state index in [1.807, 2.05) is 13.8 Å². The largest absolute Gasteiger partial charge is 0.339 e. The van der Waals surface area contributed by atoms with Crippen molar-refractivity contribution in [3.8, 4) is 0 Å². The van der Waals surface area contributed by atoms with Crippen LogP contribution < -0.4 is 5.73 Å². The van der Waals surface area contributed by atoms with Crippen LogP contribution in [0.15, 0.2) is 0 Å². The Labute approximate surface area is 152 Å². The number of piperazine rings is 1. The second-order valence-electron chi connectivity index (χ2n) is 7.45. The molecule has 7 nitrogen and oxygen atoms in total. The molecule has 2 aliphatic rings. The van der Waals surface area contributed by atoms with Gasteiger partial charge in [-0.3, -0.25) is 4.79 Å². The Hall–Kier alpha value is -0.700. The summed E-state index contributed by atoms with van der Waals surface area (Å²) in [6.07, 6.45) is 6.13. The molecule has 2 N–H and O–H groups in total. The summed E-state index contributed by atoms with van der Waals surface area (Å²) in [6, 6.07) is -0.393. The van der Waals surface area contributed by atoms with Gasteiger partial charge in [-0.15, -0.1) is 0 Å². The number of rotatable bonds is 6. The molecule has 1 heterocycles. The molecule has 8 heteroatoms. The number of nitrogens with two attached hydrogens (primary N) is 1. The number of hydrogen-bond acceptors (Lipinski definition) is 4. The fourth-order valence-corrected chi connectivity index (χ4v) is 5.24. The van der Waals surface area contributed by atoms with Gasteiger partial charge in [0.2, 0.25) is 5.91 Å². The van der Waals surface area contributed by atoms with Crippen molar-refractivity contribution in [1.82, 2.24) is 13.5 Å². The lowest BCUT2D eigenvalue weighted by Gasteiger charge is -2.39. The molecule has 0 aromatic rings. The van der Waals surface area contributed by atoms with Crippen molar-refractivity contribution < 1.29 is 13.2 Å². The molecular weight excluding hydrogens is 340 g/mol. The Morgan fingerprint density at radius 2 is 1.72 bits per heavy atom. The summed E-state index contributed by atoms with van der Waals surface area (Å²) in [5, 5.41) is 0. The molecule has 1 amide bonds. The molecule has 146 valence electrons. The summed E-state index contributed by atoms with van der Waals surface area (Å²) in [4.78, 5) is 14.2. The standard InChI is InChI=1S/C17H34N4O3S/c1-4-14(2)16(18)17(22)20-10-12-21(13-11-20)25(23,24)19(3)15-8-6-5-7-9-15/h14-16H,4-13,18H2,1-3H3. The highest BCUT2D eigenvalue weighted by Crippen LogP contribution is 2.25. The fraction of sp³-hybridized carbons (Fsp3) is 0.941. The van der Waals surface area contributed by atoms with Gasteiger partial charge < -0.3 is 10.6 Å². The first-order chi connectivity index (χ1) is 11.8. The molecule has 2 rings (SSSR count). The van der Waals surface area contributed by atoms with Crippen molar-refractivity contribution in [3.63, 3.8) is 0 Å². The number of carbonyl (C=O) groups excluding carboxylic acids is 1. The number of carbonyl (C=O) groups is 1. The third kappa shape index (κ3) is 4.72. The van der Waals surface area contributed by atoms with E-state index < -0.39 is 16.3 Å². The Kier molecular flexibility index (Phi) is 7.25. The van der Waals surface area contributed by atoms with Crippen LogP contribution in [0, 0.1) is 5.92 Å². The normalized spacial score (nSPS) is 23.6. The first-order valence-corrected chi connectivity index (χ1v) is 11.0. The van der Waals surface area contributed by atoms with E-state index in [-0.39, 0.29) is 17.9 Å². The lowest BCUT2D eigenvalue weighted by molar-refractivity contribution is -0.135. The van der Waals surface area contributed by atoms with Crippen LogP contribution in [0.5, 0.6) is 0 Å². The molecular formula is C17H34N4O3S. The molecule has 0 aromatic carbocycles. The van der Waals surface area contributed by atoms with E-state index >= 15 is 0 Å². The topological polar surface area (TPSA) is 87.0 Å². The minimum atomic E-state index is -3.45. The molecule has 2 fully saturated rings. The third-order valence-electron chi connectivity index (χ3n) is 5.87. The Morgan fingerprint density at radius 1 is 1.16 bits per heavy atom. The molecule has 25 heavy (non-hydrogen) atoms. The van der Waals surface area contributed by atoms with Gasteiger partial charge in [0.25, 0.3) is 10.2 Å². The predicted molar refractivity (Wildman–Crippen MR) is 99.1 cm³/mol. The zero-order chi connectivity index (χ0) is 18.6. The van der Waals surface area contributed by atoms with Crippen LogP contribution in [0.25, 0.3) is 0 Å². The molecule has 0 bridgehead atoms. The van der Waals surface area contributed by atoms with E-state index in [0.717, 1.165) is 32.1 Å². The summed E-state index contributed by atoms with van der Waals surface area (Å²) < 4.78 is 28.8.